The highest BCUT2D eigenvalue weighted by molar-refractivity contribution is 5.91. The van der Waals surface area contributed by atoms with Gasteiger partial charge in [0, 0.05) is 32.0 Å². The molecule has 0 saturated carbocycles. The summed E-state index contributed by atoms with van der Waals surface area (Å²) < 4.78 is 6.91. The van der Waals surface area contributed by atoms with Crippen molar-refractivity contribution >= 4 is 23.3 Å². The Balaban J connectivity index is 1.84. The van der Waals surface area contributed by atoms with Crippen LogP contribution in [0.4, 0.5) is 10.6 Å². The molecule has 1 saturated heterocycles. The van der Waals surface area contributed by atoms with Crippen LogP contribution in [-0.2, 0) is 4.74 Å². The van der Waals surface area contributed by atoms with Crippen molar-refractivity contribution in [2.24, 2.45) is 5.41 Å². The summed E-state index contributed by atoms with van der Waals surface area (Å²) in [5, 5.41) is 16.7. The number of hydrogen-bond acceptors (Lipinski definition) is 7. The minimum atomic E-state index is -0.542. The predicted octanol–water partition coefficient (Wildman–Crippen LogP) is 2.85. The molecule has 2 aromatic rings. The summed E-state index contributed by atoms with van der Waals surface area (Å²) in [5.74, 6) is 0.619. The van der Waals surface area contributed by atoms with E-state index in [1.807, 2.05) is 33.8 Å². The minimum Gasteiger partial charge on any atom is -0.444 e. The number of alkyl carbamates (subject to hydrolysis) is 1. The Labute approximate surface area is 176 Å². The van der Waals surface area contributed by atoms with Crippen molar-refractivity contribution in [2.45, 2.75) is 53.6 Å². The molecule has 0 unspecified atom stereocenters. The van der Waals surface area contributed by atoms with Gasteiger partial charge in [0.2, 0.25) is 5.82 Å². The molecule has 2 aromatic heterocycles. The third-order valence-electron chi connectivity index (χ3n) is 5.15. The van der Waals surface area contributed by atoms with Crippen LogP contribution in [0.3, 0.4) is 0 Å². The number of nitrogens with zero attached hydrogens (tertiary/aromatic N) is 5. The van der Waals surface area contributed by atoms with Crippen LogP contribution in [0.2, 0.25) is 0 Å². The van der Waals surface area contributed by atoms with Gasteiger partial charge in [-0.05, 0) is 45.7 Å². The molecule has 0 aliphatic carbocycles. The molecule has 1 N–H and O–H groups in total. The quantitative estimate of drug-likeness (QED) is 0.768. The number of Topliss-reactive ketones (excluding diaryl/α,β-unsaturated/α-hetero) is 1. The second kappa shape index (κ2) is 7.59. The van der Waals surface area contributed by atoms with E-state index < -0.39 is 11.7 Å². The van der Waals surface area contributed by atoms with E-state index in [2.05, 4.69) is 33.3 Å². The molecule has 0 radical (unpaired) electrons. The molecular formula is C21H28N6O3. The van der Waals surface area contributed by atoms with Crippen molar-refractivity contribution in [3.05, 3.63) is 23.0 Å². The first-order chi connectivity index (χ1) is 13.9. The van der Waals surface area contributed by atoms with E-state index in [0.717, 1.165) is 24.3 Å². The molecule has 1 aliphatic heterocycles. The van der Waals surface area contributed by atoms with Crippen molar-refractivity contribution in [3.8, 4) is 6.07 Å². The zero-order chi connectivity index (χ0) is 22.3. The van der Waals surface area contributed by atoms with Crippen LogP contribution in [0, 0.1) is 23.7 Å². The molecule has 0 aromatic carbocycles. The van der Waals surface area contributed by atoms with E-state index in [-0.39, 0.29) is 17.0 Å². The molecule has 0 bridgehead atoms. The number of hydrogen-bond donors (Lipinski definition) is 1. The standard InChI is InChI=1S/C21H28N6O3/c1-13-9-16(27-18(15(13)10-22)24-17(25-27)14(2)28)26-8-7-21(6,12-26)11-23-19(29)30-20(3,4)5/h9H,7-8,11-12H2,1-6H3,(H,23,29)/t21-/m0/s1. The maximum atomic E-state index is 12.0. The summed E-state index contributed by atoms with van der Waals surface area (Å²) >= 11 is 0. The normalized spacial score (nSPS) is 19.0. The number of amides is 1. The van der Waals surface area contributed by atoms with Crippen LogP contribution in [0.15, 0.2) is 6.07 Å². The number of anilines is 1. The SMILES string of the molecule is CC(=O)c1nc2c(C#N)c(C)cc(N3CC[C@@](C)(CNC(=O)OC(C)(C)C)C3)n2n1. The second-order valence-corrected chi connectivity index (χ2v) is 9.24. The molecule has 1 fully saturated rings. The third kappa shape index (κ3) is 4.37. The summed E-state index contributed by atoms with van der Waals surface area (Å²) in [6, 6.07) is 4.06. The first kappa shape index (κ1) is 21.6. The summed E-state index contributed by atoms with van der Waals surface area (Å²) in [6.07, 6.45) is 0.429. The molecule has 160 valence electrons. The molecule has 1 atom stereocenters. The largest absolute Gasteiger partial charge is 0.444 e. The van der Waals surface area contributed by atoms with E-state index in [1.165, 1.54) is 6.92 Å². The highest BCUT2D eigenvalue weighted by Crippen LogP contribution is 2.34. The number of ketones is 1. The molecule has 0 spiro atoms. The number of rotatable bonds is 4. The number of carbonyl (C=O) groups is 2. The molecule has 30 heavy (non-hydrogen) atoms. The fourth-order valence-electron chi connectivity index (χ4n) is 3.61. The Morgan fingerprint density at radius 1 is 1.40 bits per heavy atom. The lowest BCUT2D eigenvalue weighted by atomic mass is 9.90. The topological polar surface area (TPSA) is 113 Å². The van der Waals surface area contributed by atoms with Crippen LogP contribution in [-0.4, -0.2) is 51.7 Å². The van der Waals surface area contributed by atoms with Crippen LogP contribution in [0.5, 0.6) is 0 Å². The molecule has 1 aliphatic rings. The number of aromatic nitrogens is 3. The van der Waals surface area contributed by atoms with E-state index in [0.29, 0.717) is 24.3 Å². The number of nitrogens with one attached hydrogen (secondary N) is 1. The molecule has 9 nitrogen and oxygen atoms in total. The van der Waals surface area contributed by atoms with Crippen LogP contribution in [0.1, 0.15) is 62.8 Å². The molecule has 3 heterocycles. The smallest absolute Gasteiger partial charge is 0.407 e. The lowest BCUT2D eigenvalue weighted by molar-refractivity contribution is 0.0507. The number of pyridine rings is 1. The van der Waals surface area contributed by atoms with Gasteiger partial charge in [-0.25, -0.2) is 9.78 Å². The van der Waals surface area contributed by atoms with Crippen molar-refractivity contribution in [1.29, 1.82) is 5.26 Å². The van der Waals surface area contributed by atoms with Crippen LogP contribution in [0.25, 0.3) is 5.65 Å². The van der Waals surface area contributed by atoms with Crippen molar-refractivity contribution in [1.82, 2.24) is 19.9 Å². The molecule has 3 rings (SSSR count). The zero-order valence-electron chi connectivity index (χ0n) is 18.4. The van der Waals surface area contributed by atoms with Gasteiger partial charge in [-0.15, -0.1) is 5.10 Å². The Bertz CT molecular complexity index is 1050. The van der Waals surface area contributed by atoms with E-state index >= 15 is 0 Å². The van der Waals surface area contributed by atoms with Crippen molar-refractivity contribution in [3.63, 3.8) is 0 Å². The Hall–Kier alpha value is -3.15. The lowest BCUT2D eigenvalue weighted by Crippen LogP contribution is -2.40. The van der Waals surface area contributed by atoms with E-state index in [4.69, 9.17) is 4.74 Å². The lowest BCUT2D eigenvalue weighted by Gasteiger charge is -2.27. The average Bonchev–Trinajstić information content (AvgIpc) is 3.23. The van der Waals surface area contributed by atoms with Gasteiger partial charge in [-0.2, -0.15) is 9.78 Å². The number of carbonyl (C=O) groups excluding carboxylic acids is 2. The van der Waals surface area contributed by atoms with Crippen molar-refractivity contribution in [2.75, 3.05) is 24.5 Å². The van der Waals surface area contributed by atoms with Gasteiger partial charge >= 0.3 is 6.09 Å². The molecule has 1 amide bonds. The van der Waals surface area contributed by atoms with E-state index in [1.54, 1.807) is 4.52 Å². The van der Waals surface area contributed by atoms with Gasteiger partial charge < -0.3 is 15.0 Å². The van der Waals surface area contributed by atoms with E-state index in [9.17, 15) is 14.9 Å². The van der Waals surface area contributed by atoms with Gasteiger partial charge in [-0.3, -0.25) is 4.79 Å². The number of nitriles is 1. The second-order valence-electron chi connectivity index (χ2n) is 9.24. The monoisotopic (exact) mass is 412 g/mol. The van der Waals surface area contributed by atoms with Gasteiger partial charge in [-0.1, -0.05) is 6.92 Å². The summed E-state index contributed by atoms with van der Waals surface area (Å²) in [6.45, 7) is 12.8. The Morgan fingerprint density at radius 3 is 2.70 bits per heavy atom. The first-order valence-electron chi connectivity index (χ1n) is 9.96. The average molecular weight is 412 g/mol. The predicted molar refractivity (Wildman–Crippen MR) is 112 cm³/mol. The zero-order valence-corrected chi connectivity index (χ0v) is 18.4. The van der Waals surface area contributed by atoms with Crippen LogP contribution < -0.4 is 10.2 Å². The van der Waals surface area contributed by atoms with Gasteiger partial charge in [0.15, 0.2) is 11.4 Å². The molecular weight excluding hydrogens is 384 g/mol. The highest BCUT2D eigenvalue weighted by Gasteiger charge is 2.36. The maximum Gasteiger partial charge on any atom is 0.407 e. The number of fused-ring (bicyclic) bond motifs is 1. The Kier molecular flexibility index (Phi) is 5.46. The summed E-state index contributed by atoms with van der Waals surface area (Å²) in [4.78, 5) is 30.3. The van der Waals surface area contributed by atoms with Gasteiger partial charge in [0.25, 0.3) is 0 Å². The van der Waals surface area contributed by atoms with Gasteiger partial charge in [0.05, 0.1) is 5.56 Å². The number of ether oxygens (including phenoxy) is 1. The fraction of sp³-hybridized carbons (Fsp3) is 0.571. The fourth-order valence-corrected chi connectivity index (χ4v) is 3.61. The molecule has 9 heteroatoms. The first-order valence-corrected chi connectivity index (χ1v) is 9.96. The third-order valence-corrected chi connectivity index (χ3v) is 5.15. The van der Waals surface area contributed by atoms with Crippen LogP contribution >= 0.6 is 0 Å². The Morgan fingerprint density at radius 2 is 2.10 bits per heavy atom. The minimum absolute atomic E-state index is 0.0897. The summed E-state index contributed by atoms with van der Waals surface area (Å²) in [7, 11) is 0. The van der Waals surface area contributed by atoms with Gasteiger partial charge in [0.1, 0.15) is 17.5 Å². The summed E-state index contributed by atoms with van der Waals surface area (Å²) in [5.41, 5.74) is 0.878. The highest BCUT2D eigenvalue weighted by atomic mass is 16.6. The number of aryl methyl sites for hydroxylation is 1. The van der Waals surface area contributed by atoms with Crippen molar-refractivity contribution < 1.29 is 14.3 Å². The maximum absolute atomic E-state index is 12.0.